The van der Waals surface area contributed by atoms with Crippen LogP contribution in [0.2, 0.25) is 0 Å². The monoisotopic (exact) mass is 282 g/mol. The maximum absolute atomic E-state index is 11.9. The van der Waals surface area contributed by atoms with Crippen molar-refractivity contribution in [2.24, 2.45) is 5.92 Å². The van der Waals surface area contributed by atoms with E-state index in [0.717, 1.165) is 30.0 Å². The molecule has 2 heterocycles. The molecule has 0 saturated heterocycles. The van der Waals surface area contributed by atoms with Gasteiger partial charge in [0.1, 0.15) is 5.00 Å². The van der Waals surface area contributed by atoms with E-state index in [1.165, 1.54) is 18.4 Å². The number of methoxy groups -OCH3 is 1. The van der Waals surface area contributed by atoms with Crippen molar-refractivity contribution in [3.8, 4) is 0 Å². The molecule has 0 bridgehead atoms. The molecule has 1 aliphatic rings. The summed E-state index contributed by atoms with van der Waals surface area (Å²) in [5.41, 5.74) is 1.53. The van der Waals surface area contributed by atoms with E-state index in [1.807, 2.05) is 13.8 Å². The highest BCUT2D eigenvalue weighted by Crippen LogP contribution is 2.36. The van der Waals surface area contributed by atoms with E-state index >= 15 is 0 Å². The highest BCUT2D eigenvalue weighted by atomic mass is 32.1. The maximum Gasteiger partial charge on any atom is 0.341 e. The molecule has 0 fully saturated rings. The first kappa shape index (κ1) is 14.0. The fraction of sp³-hybridized carbons (Fsp3) is 0.538. The minimum atomic E-state index is -0.376. The minimum absolute atomic E-state index is 0.0864. The van der Waals surface area contributed by atoms with Crippen molar-refractivity contribution in [2.75, 3.05) is 19.0 Å². The van der Waals surface area contributed by atoms with Crippen molar-refractivity contribution in [3.63, 3.8) is 0 Å². The third-order valence-electron chi connectivity index (χ3n) is 3.08. The lowest BCUT2D eigenvalue weighted by Gasteiger charge is -2.13. The summed E-state index contributed by atoms with van der Waals surface area (Å²) in [5.74, 6) is -0.585. The number of fused-ring (bicyclic) bond motifs is 1. The smallest absolute Gasteiger partial charge is 0.341 e. The Balaban J connectivity index is 2.39. The summed E-state index contributed by atoms with van der Waals surface area (Å²) >= 11 is 1.46. The van der Waals surface area contributed by atoms with Crippen LogP contribution in [0, 0.1) is 5.92 Å². The van der Waals surface area contributed by atoms with Gasteiger partial charge in [-0.25, -0.2) is 4.79 Å². The number of hydrogen-bond acceptors (Lipinski definition) is 5. The zero-order chi connectivity index (χ0) is 14.0. The number of thiophene rings is 1. The molecule has 1 aliphatic heterocycles. The van der Waals surface area contributed by atoms with Gasteiger partial charge in [0.15, 0.2) is 0 Å². The van der Waals surface area contributed by atoms with Crippen molar-refractivity contribution < 1.29 is 14.3 Å². The molecule has 0 atom stereocenters. The van der Waals surface area contributed by atoms with Gasteiger partial charge in [0.05, 0.1) is 12.7 Å². The van der Waals surface area contributed by atoms with E-state index in [0.29, 0.717) is 10.6 Å². The van der Waals surface area contributed by atoms with Crippen LogP contribution in [0.15, 0.2) is 0 Å². The van der Waals surface area contributed by atoms with Crippen molar-refractivity contribution in [1.82, 2.24) is 5.32 Å². The van der Waals surface area contributed by atoms with Gasteiger partial charge in [0, 0.05) is 17.3 Å². The Hall–Kier alpha value is -1.40. The molecule has 1 aromatic rings. The van der Waals surface area contributed by atoms with Gasteiger partial charge in [-0.1, -0.05) is 13.8 Å². The Labute approximate surface area is 116 Å². The lowest BCUT2D eigenvalue weighted by atomic mass is 10.0. The van der Waals surface area contributed by atoms with Gasteiger partial charge < -0.3 is 15.4 Å². The van der Waals surface area contributed by atoms with Crippen LogP contribution in [-0.4, -0.2) is 25.5 Å². The lowest BCUT2D eigenvalue weighted by molar-refractivity contribution is -0.118. The van der Waals surface area contributed by atoms with Gasteiger partial charge in [0.25, 0.3) is 0 Å². The van der Waals surface area contributed by atoms with Crippen molar-refractivity contribution in [3.05, 3.63) is 16.0 Å². The highest BCUT2D eigenvalue weighted by molar-refractivity contribution is 7.17. The minimum Gasteiger partial charge on any atom is -0.465 e. The normalized spacial score (nSPS) is 14.1. The fourth-order valence-electron chi connectivity index (χ4n) is 2.00. The molecular weight excluding hydrogens is 264 g/mol. The van der Waals surface area contributed by atoms with E-state index in [2.05, 4.69) is 10.6 Å². The average molecular weight is 282 g/mol. The molecular formula is C13H18N2O3S. The van der Waals surface area contributed by atoms with Gasteiger partial charge in [-0.15, -0.1) is 11.3 Å². The third-order valence-corrected chi connectivity index (χ3v) is 4.23. The van der Waals surface area contributed by atoms with E-state index < -0.39 is 0 Å². The predicted molar refractivity (Wildman–Crippen MR) is 74.5 cm³/mol. The molecule has 1 aromatic heterocycles. The van der Waals surface area contributed by atoms with E-state index in [9.17, 15) is 9.59 Å². The molecule has 0 unspecified atom stereocenters. The summed E-state index contributed by atoms with van der Waals surface area (Å²) in [6, 6.07) is 0. The maximum atomic E-state index is 11.9. The topological polar surface area (TPSA) is 67.4 Å². The Morgan fingerprint density at radius 2 is 2.16 bits per heavy atom. The lowest BCUT2D eigenvalue weighted by Crippen LogP contribution is -2.23. The van der Waals surface area contributed by atoms with Gasteiger partial charge in [0.2, 0.25) is 5.91 Å². The summed E-state index contributed by atoms with van der Waals surface area (Å²) < 4.78 is 4.84. The molecule has 0 spiro atoms. The first-order valence-corrected chi connectivity index (χ1v) is 7.10. The Kier molecular flexibility index (Phi) is 4.21. The molecule has 1 amide bonds. The molecule has 104 valence electrons. The largest absolute Gasteiger partial charge is 0.465 e. The van der Waals surface area contributed by atoms with Crippen molar-refractivity contribution >= 4 is 28.2 Å². The molecule has 2 N–H and O–H groups in total. The SMILES string of the molecule is COC(=O)c1c(NC(=O)C(C)C)sc2c1CCNC2. The number of carbonyl (C=O) groups excluding carboxylic acids is 2. The average Bonchev–Trinajstić information content (AvgIpc) is 2.75. The molecule has 0 aliphatic carbocycles. The number of rotatable bonds is 3. The summed E-state index contributed by atoms with van der Waals surface area (Å²) in [4.78, 5) is 24.8. The quantitative estimate of drug-likeness (QED) is 0.829. The zero-order valence-corrected chi connectivity index (χ0v) is 12.1. The summed E-state index contributed by atoms with van der Waals surface area (Å²) in [7, 11) is 1.36. The molecule has 0 saturated carbocycles. The standard InChI is InChI=1S/C13H18N2O3S/c1-7(2)11(16)15-12-10(13(17)18-3)8-4-5-14-6-9(8)19-12/h7,14H,4-6H2,1-3H3,(H,15,16). The number of ether oxygens (including phenoxy) is 1. The second-order valence-electron chi connectivity index (χ2n) is 4.77. The molecule has 5 nitrogen and oxygen atoms in total. The number of esters is 1. The van der Waals surface area contributed by atoms with Crippen LogP contribution < -0.4 is 10.6 Å². The fourth-order valence-corrected chi connectivity index (χ4v) is 3.21. The van der Waals surface area contributed by atoms with Crippen LogP contribution in [0.3, 0.4) is 0 Å². The molecule has 0 aromatic carbocycles. The van der Waals surface area contributed by atoms with Crippen molar-refractivity contribution in [1.29, 1.82) is 0 Å². The summed E-state index contributed by atoms with van der Waals surface area (Å²) in [6.45, 7) is 5.22. The molecule has 2 rings (SSSR count). The second kappa shape index (κ2) is 5.71. The molecule has 19 heavy (non-hydrogen) atoms. The Bertz CT molecular complexity index is 508. The highest BCUT2D eigenvalue weighted by Gasteiger charge is 2.27. The van der Waals surface area contributed by atoms with Crippen LogP contribution in [0.4, 0.5) is 5.00 Å². The van der Waals surface area contributed by atoms with Crippen LogP contribution >= 0.6 is 11.3 Å². The predicted octanol–water partition coefficient (Wildman–Crippen LogP) is 1.77. The number of hydrogen-bond donors (Lipinski definition) is 2. The van der Waals surface area contributed by atoms with Gasteiger partial charge in [-0.05, 0) is 18.5 Å². The van der Waals surface area contributed by atoms with Gasteiger partial charge >= 0.3 is 5.97 Å². The van der Waals surface area contributed by atoms with Crippen LogP contribution in [0.5, 0.6) is 0 Å². The second-order valence-corrected chi connectivity index (χ2v) is 5.88. The zero-order valence-electron chi connectivity index (χ0n) is 11.3. The summed E-state index contributed by atoms with van der Waals surface area (Å²) in [6.07, 6.45) is 0.786. The number of amides is 1. The number of anilines is 1. The van der Waals surface area contributed by atoms with Crippen LogP contribution in [-0.2, 0) is 22.5 Å². The van der Waals surface area contributed by atoms with Crippen LogP contribution in [0.1, 0.15) is 34.6 Å². The Morgan fingerprint density at radius 3 is 2.79 bits per heavy atom. The van der Waals surface area contributed by atoms with Gasteiger partial charge in [-0.2, -0.15) is 0 Å². The number of nitrogens with one attached hydrogen (secondary N) is 2. The first-order valence-electron chi connectivity index (χ1n) is 6.29. The van der Waals surface area contributed by atoms with E-state index in [4.69, 9.17) is 4.74 Å². The van der Waals surface area contributed by atoms with Crippen molar-refractivity contribution in [2.45, 2.75) is 26.8 Å². The van der Waals surface area contributed by atoms with Gasteiger partial charge in [-0.3, -0.25) is 4.79 Å². The third kappa shape index (κ3) is 2.79. The van der Waals surface area contributed by atoms with E-state index in [1.54, 1.807) is 0 Å². The van der Waals surface area contributed by atoms with E-state index in [-0.39, 0.29) is 17.8 Å². The molecule has 0 radical (unpaired) electrons. The van der Waals surface area contributed by atoms with Crippen LogP contribution in [0.25, 0.3) is 0 Å². The summed E-state index contributed by atoms with van der Waals surface area (Å²) in [5, 5.41) is 6.70. The molecule has 6 heteroatoms. The Morgan fingerprint density at radius 1 is 1.42 bits per heavy atom. The first-order chi connectivity index (χ1) is 9.04. The number of carbonyl (C=O) groups is 2.